The summed E-state index contributed by atoms with van der Waals surface area (Å²) in [7, 11) is 3.35. The van der Waals surface area contributed by atoms with Gasteiger partial charge in [0.25, 0.3) is 0 Å². The first kappa shape index (κ1) is 20.4. The number of aryl methyl sites for hydroxylation is 1. The van der Waals surface area contributed by atoms with Gasteiger partial charge in [0.15, 0.2) is 0 Å². The summed E-state index contributed by atoms with van der Waals surface area (Å²) in [5, 5.41) is 0. The Kier molecular flexibility index (Phi) is 5.80. The molecule has 4 rings (SSSR count). The van der Waals surface area contributed by atoms with Crippen LogP contribution in [0.5, 0.6) is 11.5 Å². The van der Waals surface area contributed by atoms with Gasteiger partial charge in [-0.2, -0.15) is 0 Å². The molecule has 0 amide bonds. The third kappa shape index (κ3) is 4.19. The lowest BCUT2D eigenvalue weighted by atomic mass is 9.98. The quantitative estimate of drug-likeness (QED) is 0.359. The largest absolute Gasteiger partial charge is 0.497 e. The monoisotopic (exact) mass is 410 g/mol. The molecule has 0 fully saturated rings. The Morgan fingerprint density at radius 1 is 0.774 bits per heavy atom. The van der Waals surface area contributed by atoms with Gasteiger partial charge >= 0.3 is 0 Å². The standard InChI is InChI=1S/C27H26N2O2/c1-20-8-9-23(19-26(20)27-7-5-6-18-28(27)2)29(21-10-14-24(30-3)15-11-21)22-12-16-25(31-4)17-13-22/h5-19H,2H2,1,3-4H3. The predicted molar refractivity (Wildman–Crippen MR) is 127 cm³/mol. The van der Waals surface area contributed by atoms with Crippen LogP contribution in [0.2, 0.25) is 0 Å². The number of hydrogen-bond donors (Lipinski definition) is 0. The van der Waals surface area contributed by atoms with Gasteiger partial charge in [-0.25, -0.2) is 0 Å². The Morgan fingerprint density at radius 3 is 1.84 bits per heavy atom. The van der Waals surface area contributed by atoms with E-state index in [2.05, 4.69) is 67.1 Å². The van der Waals surface area contributed by atoms with Crippen LogP contribution in [-0.4, -0.2) is 25.5 Å². The molecule has 0 atom stereocenters. The molecule has 156 valence electrons. The molecule has 4 nitrogen and oxygen atoms in total. The third-order valence-corrected chi connectivity index (χ3v) is 5.36. The van der Waals surface area contributed by atoms with Crippen molar-refractivity contribution in [2.24, 2.45) is 0 Å². The molecule has 4 heteroatoms. The van der Waals surface area contributed by atoms with Gasteiger partial charge in [0, 0.05) is 17.1 Å². The lowest BCUT2D eigenvalue weighted by Gasteiger charge is -2.28. The highest BCUT2D eigenvalue weighted by Gasteiger charge is 2.19. The molecule has 0 aliphatic carbocycles. The molecule has 31 heavy (non-hydrogen) atoms. The number of benzene rings is 3. The first-order valence-corrected chi connectivity index (χ1v) is 10.1. The molecule has 3 aromatic rings. The van der Waals surface area contributed by atoms with E-state index in [1.165, 1.54) is 5.56 Å². The maximum atomic E-state index is 5.35. The van der Waals surface area contributed by atoms with E-state index in [4.69, 9.17) is 9.47 Å². The molecular weight excluding hydrogens is 384 g/mol. The van der Waals surface area contributed by atoms with Gasteiger partial charge in [0.1, 0.15) is 23.7 Å². The van der Waals surface area contributed by atoms with Gasteiger partial charge in [-0.1, -0.05) is 36.8 Å². The smallest absolute Gasteiger partial charge is 0.147 e. The summed E-state index contributed by atoms with van der Waals surface area (Å²) < 4.78 is 12.6. The molecule has 1 aliphatic rings. The molecule has 0 unspecified atom stereocenters. The van der Waals surface area contributed by atoms with Gasteiger partial charge in [-0.05, 0) is 60.2 Å². The molecule has 0 N–H and O–H groups in total. The van der Waals surface area contributed by atoms with Crippen LogP contribution < -0.4 is 14.4 Å². The zero-order valence-corrected chi connectivity index (χ0v) is 18.1. The summed E-state index contributed by atoms with van der Waals surface area (Å²) in [5.41, 5.74) is 5.46. The van der Waals surface area contributed by atoms with Gasteiger partial charge in [0.05, 0.1) is 20.9 Å². The fourth-order valence-corrected chi connectivity index (χ4v) is 3.66. The first-order chi connectivity index (χ1) is 15.1. The van der Waals surface area contributed by atoms with Crippen molar-refractivity contribution in [2.45, 2.75) is 6.92 Å². The second-order valence-electron chi connectivity index (χ2n) is 7.29. The number of allylic oxidation sites excluding steroid dienone is 2. The molecule has 0 aromatic heterocycles. The summed E-state index contributed by atoms with van der Waals surface area (Å²) in [5.74, 6) is 1.65. The number of nitrogens with zero attached hydrogens (tertiary/aromatic N) is 2. The van der Waals surface area contributed by atoms with E-state index in [-0.39, 0.29) is 0 Å². The minimum absolute atomic E-state index is 0.824. The fraction of sp³-hybridized carbons (Fsp3) is 0.111. The Balaban J connectivity index is 1.82. The van der Waals surface area contributed by atoms with Crippen LogP contribution in [0.25, 0.3) is 0 Å². The summed E-state index contributed by atoms with van der Waals surface area (Å²) in [6, 6.07) is 23.7. The average Bonchev–Trinajstić information content (AvgIpc) is 2.82. The minimum atomic E-state index is 0.824. The zero-order chi connectivity index (χ0) is 21.8. The summed E-state index contributed by atoms with van der Waals surface area (Å²) in [6.07, 6.45) is 8.07. The highest BCUT2D eigenvalue weighted by molar-refractivity contribution is 5.78. The van der Waals surface area contributed by atoms with Crippen molar-refractivity contribution in [2.75, 3.05) is 19.1 Å². The maximum absolute atomic E-state index is 5.35. The Labute approximate surface area is 184 Å². The fourth-order valence-electron chi connectivity index (χ4n) is 3.66. The molecule has 0 bridgehead atoms. The molecule has 0 radical (unpaired) electrons. The highest BCUT2D eigenvalue weighted by Crippen LogP contribution is 2.38. The molecule has 0 saturated heterocycles. The summed E-state index contributed by atoms with van der Waals surface area (Å²) >= 11 is 0. The van der Waals surface area contributed by atoms with Crippen molar-refractivity contribution >= 4 is 23.8 Å². The van der Waals surface area contributed by atoms with Crippen LogP contribution in [0, 0.1) is 13.0 Å². The highest BCUT2D eigenvalue weighted by atomic mass is 16.5. The van der Waals surface area contributed by atoms with Crippen LogP contribution >= 0.6 is 0 Å². The van der Waals surface area contributed by atoms with Crippen molar-refractivity contribution in [1.29, 1.82) is 0 Å². The van der Waals surface area contributed by atoms with E-state index in [0.29, 0.717) is 0 Å². The van der Waals surface area contributed by atoms with E-state index in [0.717, 1.165) is 40.2 Å². The van der Waals surface area contributed by atoms with E-state index in [1.807, 2.05) is 47.2 Å². The first-order valence-electron chi connectivity index (χ1n) is 10.1. The van der Waals surface area contributed by atoms with Gasteiger partial charge in [-0.15, -0.1) is 6.08 Å². The zero-order valence-electron chi connectivity index (χ0n) is 18.1. The second-order valence-corrected chi connectivity index (χ2v) is 7.29. The SMILES string of the molecule is C=[N+]1C=CC=C[C-]1c1cc(N(c2ccc(OC)cc2)c2ccc(OC)cc2)ccc1C. The molecule has 1 aliphatic heterocycles. The van der Waals surface area contributed by atoms with Crippen LogP contribution in [0.4, 0.5) is 17.1 Å². The lowest BCUT2D eigenvalue weighted by molar-refractivity contribution is -0.417. The second kappa shape index (κ2) is 8.84. The van der Waals surface area contributed by atoms with Gasteiger partial charge in [0.2, 0.25) is 0 Å². The van der Waals surface area contributed by atoms with Crippen molar-refractivity contribution in [1.82, 2.24) is 0 Å². The Hall–Kier alpha value is -3.92. The van der Waals surface area contributed by atoms with Crippen molar-refractivity contribution in [3.8, 4) is 11.5 Å². The van der Waals surface area contributed by atoms with Crippen molar-refractivity contribution < 1.29 is 14.0 Å². The Bertz CT molecular complexity index is 1080. The van der Waals surface area contributed by atoms with Crippen molar-refractivity contribution in [3.63, 3.8) is 0 Å². The average molecular weight is 411 g/mol. The van der Waals surface area contributed by atoms with Crippen molar-refractivity contribution in [3.05, 3.63) is 108 Å². The number of anilines is 3. The lowest BCUT2D eigenvalue weighted by Crippen LogP contribution is -2.16. The van der Waals surface area contributed by atoms with E-state index < -0.39 is 0 Å². The normalized spacial score (nSPS) is 12.7. The number of methoxy groups -OCH3 is 2. The topological polar surface area (TPSA) is 24.7 Å². The van der Waals surface area contributed by atoms with Gasteiger partial charge < -0.3 is 14.4 Å². The molecular formula is C27H26N2O2. The minimum Gasteiger partial charge on any atom is -0.497 e. The van der Waals surface area contributed by atoms with E-state index in [9.17, 15) is 0 Å². The maximum Gasteiger partial charge on any atom is 0.147 e. The molecule has 3 aromatic carbocycles. The predicted octanol–water partition coefficient (Wildman–Crippen LogP) is 6.16. The molecule has 0 spiro atoms. The van der Waals surface area contributed by atoms with Crippen LogP contribution in [0.1, 0.15) is 11.1 Å². The number of hydrogen-bond acceptors (Lipinski definition) is 3. The van der Waals surface area contributed by atoms with Gasteiger partial charge in [-0.3, -0.25) is 4.58 Å². The number of ether oxygens (including phenoxy) is 2. The number of rotatable bonds is 6. The van der Waals surface area contributed by atoms with E-state index in [1.54, 1.807) is 14.2 Å². The Morgan fingerprint density at radius 2 is 1.32 bits per heavy atom. The summed E-state index contributed by atoms with van der Waals surface area (Å²) in [4.78, 5) is 2.22. The summed E-state index contributed by atoms with van der Waals surface area (Å²) in [6.45, 7) is 6.26. The third-order valence-electron chi connectivity index (χ3n) is 5.36. The van der Waals surface area contributed by atoms with Crippen LogP contribution in [-0.2, 0) is 0 Å². The van der Waals surface area contributed by atoms with Crippen LogP contribution in [0.3, 0.4) is 0 Å². The van der Waals surface area contributed by atoms with E-state index >= 15 is 0 Å². The van der Waals surface area contributed by atoms with Crippen LogP contribution in [0.15, 0.2) is 91.2 Å². The molecule has 0 saturated carbocycles. The molecule has 1 heterocycles.